The van der Waals surface area contributed by atoms with E-state index < -0.39 is 72.9 Å². The van der Waals surface area contributed by atoms with Gasteiger partial charge in [0.15, 0.2) is 6.23 Å². The summed E-state index contributed by atoms with van der Waals surface area (Å²) in [6, 6.07) is 0.685. The van der Waals surface area contributed by atoms with Gasteiger partial charge in [0.05, 0.1) is 0 Å². The average molecular weight is 538 g/mol. The molecule has 1 aromatic heterocycles. The molecule has 0 aliphatic rings. The molecule has 22 heteroatoms. The Balaban J connectivity index is 3.10. The standard InChI is InChI=1S/C10H16F3N2O14P3/c11-3-6(16)10(13,27-8(4-12)15-2-1-7(17)14-9(15)18)5-26-31(22,23)29-32(24,25)28-30(19,20)21/h1-2,6,8,16H,3-5H2,(H,22,23)(H,24,25)(H,14,17,18)(H2,19,20,21)/t6-,8+,10+/m0/s1. The molecule has 0 saturated heterocycles. The Morgan fingerprint density at radius 3 is 2.12 bits per heavy atom. The van der Waals surface area contributed by atoms with Crippen LogP contribution in [-0.2, 0) is 31.6 Å². The summed E-state index contributed by atoms with van der Waals surface area (Å²) in [6.45, 7) is -5.71. The summed E-state index contributed by atoms with van der Waals surface area (Å²) in [5.74, 6) is -3.92. The van der Waals surface area contributed by atoms with Gasteiger partial charge in [0.25, 0.3) is 11.4 Å². The normalized spacial score (nSPS) is 20.0. The zero-order valence-corrected chi connectivity index (χ0v) is 17.9. The summed E-state index contributed by atoms with van der Waals surface area (Å²) >= 11 is 0. The summed E-state index contributed by atoms with van der Waals surface area (Å²) < 4.78 is 90.0. The van der Waals surface area contributed by atoms with Crippen molar-refractivity contribution in [2.75, 3.05) is 20.0 Å². The number of phosphoric ester groups is 1. The summed E-state index contributed by atoms with van der Waals surface area (Å²) in [5.41, 5.74) is -2.27. The van der Waals surface area contributed by atoms with E-state index in [0.717, 1.165) is 0 Å². The van der Waals surface area contributed by atoms with Crippen molar-refractivity contribution < 1.29 is 69.4 Å². The smallest absolute Gasteiger partial charge is 0.384 e. The number of ether oxygens (including phenoxy) is 1. The van der Waals surface area contributed by atoms with Gasteiger partial charge in [0.2, 0.25) is 0 Å². The first-order valence-electron chi connectivity index (χ1n) is 7.70. The Hall–Kier alpha value is -1.20. The molecular weight excluding hydrogens is 522 g/mol. The maximum atomic E-state index is 15.0. The Morgan fingerprint density at radius 2 is 1.66 bits per heavy atom. The third kappa shape index (κ3) is 8.97. The van der Waals surface area contributed by atoms with Crippen LogP contribution in [0, 0.1) is 0 Å². The van der Waals surface area contributed by atoms with Gasteiger partial charge in [-0.05, 0) is 0 Å². The van der Waals surface area contributed by atoms with E-state index in [-0.39, 0.29) is 4.57 Å². The van der Waals surface area contributed by atoms with Gasteiger partial charge in [-0.3, -0.25) is 18.9 Å². The number of aliphatic hydroxyl groups is 1. The molecule has 0 aliphatic heterocycles. The van der Waals surface area contributed by atoms with E-state index in [9.17, 15) is 46.5 Å². The van der Waals surface area contributed by atoms with Crippen molar-refractivity contribution in [1.82, 2.24) is 9.55 Å². The molecule has 16 nitrogen and oxygen atoms in total. The number of phosphoric acid groups is 3. The highest BCUT2D eigenvalue weighted by atomic mass is 31.3. The number of hydrogen-bond donors (Lipinski definition) is 6. The van der Waals surface area contributed by atoms with E-state index in [2.05, 4.69) is 17.9 Å². The van der Waals surface area contributed by atoms with E-state index in [4.69, 9.17) is 14.7 Å². The third-order valence-electron chi connectivity index (χ3n) is 3.11. The molecule has 186 valence electrons. The Bertz CT molecular complexity index is 1040. The molecule has 0 fully saturated rings. The van der Waals surface area contributed by atoms with Gasteiger partial charge in [-0.2, -0.15) is 8.62 Å². The fraction of sp³-hybridized carbons (Fsp3) is 0.600. The number of H-pyrrole nitrogens is 1. The highest BCUT2D eigenvalue weighted by Gasteiger charge is 2.47. The van der Waals surface area contributed by atoms with Crippen molar-refractivity contribution in [3.05, 3.63) is 33.1 Å². The molecule has 0 bridgehead atoms. The molecule has 1 heterocycles. The van der Waals surface area contributed by atoms with Gasteiger partial charge >= 0.3 is 29.2 Å². The number of aromatic nitrogens is 2. The number of alkyl halides is 3. The lowest BCUT2D eigenvalue weighted by molar-refractivity contribution is -0.267. The molecule has 6 N–H and O–H groups in total. The molecule has 1 rings (SSSR count). The second kappa shape index (κ2) is 10.8. The number of nitrogens with zero attached hydrogens (tertiary/aromatic N) is 1. The van der Waals surface area contributed by atoms with Gasteiger partial charge in [-0.1, -0.05) is 0 Å². The molecule has 2 unspecified atom stereocenters. The first kappa shape index (κ1) is 28.8. The number of rotatable bonds is 13. The minimum Gasteiger partial charge on any atom is -0.384 e. The topological polar surface area (TPSA) is 244 Å². The molecule has 0 aromatic carbocycles. The van der Waals surface area contributed by atoms with Crippen molar-refractivity contribution in [3.63, 3.8) is 0 Å². The second-order valence-electron chi connectivity index (χ2n) is 5.56. The van der Waals surface area contributed by atoms with Crippen LogP contribution in [0.25, 0.3) is 0 Å². The fourth-order valence-electron chi connectivity index (χ4n) is 1.84. The number of aromatic amines is 1. The number of nitrogens with one attached hydrogen (secondary N) is 1. The monoisotopic (exact) mass is 538 g/mol. The lowest BCUT2D eigenvalue weighted by Gasteiger charge is -2.32. The number of hydrogen-bond acceptors (Lipinski definition) is 10. The maximum Gasteiger partial charge on any atom is 0.490 e. The molecule has 1 aromatic rings. The summed E-state index contributed by atoms with van der Waals surface area (Å²) in [7, 11) is -17.6. The van der Waals surface area contributed by atoms with Crippen LogP contribution in [0.15, 0.2) is 21.9 Å². The second-order valence-corrected chi connectivity index (χ2v) is 9.98. The number of aliphatic hydroxyl groups excluding tert-OH is 1. The molecule has 5 atom stereocenters. The molecule has 0 amide bonds. The van der Waals surface area contributed by atoms with Crippen LogP contribution in [0.5, 0.6) is 0 Å². The van der Waals surface area contributed by atoms with E-state index in [1.54, 1.807) is 4.98 Å². The quantitative estimate of drug-likeness (QED) is 0.171. The van der Waals surface area contributed by atoms with Crippen LogP contribution < -0.4 is 11.2 Å². The molecular formula is C10H16F3N2O14P3. The van der Waals surface area contributed by atoms with E-state index in [0.29, 0.717) is 12.3 Å². The molecule has 32 heavy (non-hydrogen) atoms. The zero-order valence-electron chi connectivity index (χ0n) is 15.3. The SMILES string of the molecule is O=c1ccn([C@@H](CF)O[C@](F)(COP(=O)(O)OP(=O)(O)OP(=O)(O)O)[C@@H](O)CF)c(=O)[nH]1. The molecule has 0 spiro atoms. The fourth-order valence-corrected chi connectivity index (χ4v) is 4.87. The van der Waals surface area contributed by atoms with Crippen molar-refractivity contribution in [2.45, 2.75) is 18.2 Å². The van der Waals surface area contributed by atoms with Gasteiger partial charge in [0.1, 0.15) is 26.1 Å². The summed E-state index contributed by atoms with van der Waals surface area (Å²) in [5, 5.41) is 9.50. The highest BCUT2D eigenvalue weighted by Crippen LogP contribution is 2.66. The largest absolute Gasteiger partial charge is 0.490 e. The lowest BCUT2D eigenvalue weighted by Crippen LogP contribution is -2.49. The first-order chi connectivity index (χ1) is 14.4. The zero-order chi connectivity index (χ0) is 25.0. The van der Waals surface area contributed by atoms with Gasteiger partial charge in [-0.25, -0.2) is 31.7 Å². The van der Waals surface area contributed by atoms with Crippen molar-refractivity contribution in [2.24, 2.45) is 0 Å². The van der Waals surface area contributed by atoms with E-state index in [1.807, 2.05) is 0 Å². The Labute approximate surface area is 174 Å². The Morgan fingerprint density at radius 1 is 1.06 bits per heavy atom. The molecule has 0 aliphatic carbocycles. The molecule has 0 radical (unpaired) electrons. The minimum absolute atomic E-state index is 0.255. The predicted octanol–water partition coefficient (Wildman–Crippen LogP) is -0.639. The third-order valence-corrected chi connectivity index (χ3v) is 6.89. The van der Waals surface area contributed by atoms with Gasteiger partial charge < -0.3 is 29.4 Å². The maximum absolute atomic E-state index is 15.0. The summed E-state index contributed by atoms with van der Waals surface area (Å²) in [4.78, 5) is 59.5. The van der Waals surface area contributed by atoms with Crippen LogP contribution in [0.3, 0.4) is 0 Å². The van der Waals surface area contributed by atoms with E-state index in [1.165, 1.54) is 0 Å². The van der Waals surface area contributed by atoms with Gasteiger partial charge in [-0.15, -0.1) is 0 Å². The average Bonchev–Trinajstić information content (AvgIpc) is 2.61. The van der Waals surface area contributed by atoms with Crippen molar-refractivity contribution in [3.8, 4) is 0 Å². The predicted molar refractivity (Wildman–Crippen MR) is 93.1 cm³/mol. The van der Waals surface area contributed by atoms with Crippen LogP contribution >= 0.6 is 23.5 Å². The number of halogens is 3. The van der Waals surface area contributed by atoms with Crippen LogP contribution in [0.4, 0.5) is 13.2 Å². The van der Waals surface area contributed by atoms with Crippen molar-refractivity contribution >= 4 is 23.5 Å². The van der Waals surface area contributed by atoms with E-state index >= 15 is 0 Å². The van der Waals surface area contributed by atoms with Crippen LogP contribution in [0.2, 0.25) is 0 Å². The minimum atomic E-state index is -5.98. The van der Waals surface area contributed by atoms with Crippen LogP contribution in [-0.4, -0.2) is 66.1 Å². The van der Waals surface area contributed by atoms with Crippen LogP contribution in [0.1, 0.15) is 6.23 Å². The Kier molecular flexibility index (Phi) is 9.75. The van der Waals surface area contributed by atoms with Gasteiger partial charge in [0, 0.05) is 12.3 Å². The highest BCUT2D eigenvalue weighted by molar-refractivity contribution is 7.66. The van der Waals surface area contributed by atoms with Crippen molar-refractivity contribution in [1.29, 1.82) is 0 Å². The lowest BCUT2D eigenvalue weighted by atomic mass is 10.2. The first-order valence-corrected chi connectivity index (χ1v) is 12.2. The molecule has 0 saturated carbocycles. The summed E-state index contributed by atoms with van der Waals surface area (Å²) in [6.07, 6.45) is -4.52.